The Morgan fingerprint density at radius 1 is 1.70 bits per heavy atom. The van der Waals surface area contributed by atoms with Gasteiger partial charge < -0.3 is 0 Å². The van der Waals surface area contributed by atoms with Crippen LogP contribution in [-0.4, -0.2) is 12.6 Å². The topological polar surface area (TPSA) is 29.4 Å². The summed E-state index contributed by atoms with van der Waals surface area (Å²) in [5.41, 5.74) is 0. The van der Waals surface area contributed by atoms with Crippen molar-refractivity contribution < 1.29 is 4.79 Å². The van der Waals surface area contributed by atoms with E-state index in [2.05, 4.69) is 18.8 Å². The largest absolute Gasteiger partial charge is 0.234 e. The highest BCUT2D eigenvalue weighted by Gasteiger charge is 1.98. The van der Waals surface area contributed by atoms with Crippen LogP contribution in [0.1, 0.15) is 26.7 Å². The van der Waals surface area contributed by atoms with Crippen molar-refractivity contribution in [3.63, 3.8) is 0 Å². The number of hydrogen-bond acceptors (Lipinski definition) is 2. The van der Waals surface area contributed by atoms with Crippen LogP contribution >= 0.6 is 0 Å². The molecule has 0 N–H and O–H groups in total. The second-order valence-electron chi connectivity index (χ2n) is 2.43. The van der Waals surface area contributed by atoms with Gasteiger partial charge in [-0.25, -0.2) is 9.79 Å². The molecular weight excluding hydrogens is 126 g/mol. The Labute approximate surface area is 62.4 Å². The number of rotatable bonds is 5. The fourth-order valence-corrected chi connectivity index (χ4v) is 0.843. The summed E-state index contributed by atoms with van der Waals surface area (Å²) in [7, 11) is 0. The van der Waals surface area contributed by atoms with Crippen molar-refractivity contribution in [2.75, 3.05) is 6.54 Å². The van der Waals surface area contributed by atoms with Crippen LogP contribution in [0.2, 0.25) is 0 Å². The van der Waals surface area contributed by atoms with E-state index in [4.69, 9.17) is 0 Å². The van der Waals surface area contributed by atoms with Crippen molar-refractivity contribution >= 4 is 6.08 Å². The van der Waals surface area contributed by atoms with Gasteiger partial charge in [0.1, 0.15) is 0 Å². The third kappa shape index (κ3) is 5.52. The van der Waals surface area contributed by atoms with Crippen LogP contribution < -0.4 is 0 Å². The molecule has 0 bridgehead atoms. The van der Waals surface area contributed by atoms with Crippen molar-refractivity contribution in [2.24, 2.45) is 10.9 Å². The first-order valence-corrected chi connectivity index (χ1v) is 3.68. The zero-order chi connectivity index (χ0) is 7.82. The lowest BCUT2D eigenvalue weighted by Crippen LogP contribution is -1.96. The molecule has 0 aliphatic rings. The molecule has 2 nitrogen and oxygen atoms in total. The summed E-state index contributed by atoms with van der Waals surface area (Å²) >= 11 is 0. The van der Waals surface area contributed by atoms with E-state index in [1.807, 2.05) is 6.42 Å². The van der Waals surface area contributed by atoms with Crippen molar-refractivity contribution in [3.8, 4) is 0 Å². The lowest BCUT2D eigenvalue weighted by Gasteiger charge is -2.04. The van der Waals surface area contributed by atoms with Crippen LogP contribution in [0.15, 0.2) is 4.99 Å². The quantitative estimate of drug-likeness (QED) is 0.424. The van der Waals surface area contributed by atoms with E-state index in [9.17, 15) is 4.79 Å². The number of isocyanates is 1. The van der Waals surface area contributed by atoms with E-state index in [1.165, 1.54) is 18.9 Å². The lowest BCUT2D eigenvalue weighted by atomic mass is 10.0. The number of nitrogens with zero attached hydrogens (tertiary/aromatic N) is 1. The van der Waals surface area contributed by atoms with Gasteiger partial charge in [-0.3, -0.25) is 0 Å². The highest BCUT2D eigenvalue weighted by Crippen LogP contribution is 2.07. The molecule has 0 aromatic carbocycles. The van der Waals surface area contributed by atoms with Crippen molar-refractivity contribution in [1.82, 2.24) is 0 Å². The molecule has 0 aromatic rings. The van der Waals surface area contributed by atoms with Gasteiger partial charge in [0.25, 0.3) is 0 Å². The van der Waals surface area contributed by atoms with Gasteiger partial charge in [-0.05, 0) is 12.3 Å². The molecule has 1 unspecified atom stereocenters. The summed E-state index contributed by atoms with van der Waals surface area (Å²) in [5.74, 6) is 0.571. The SMILES string of the molecule is CCCC(C)[CH]CN=C=O. The molecular formula is C8H14NO. The second kappa shape index (κ2) is 6.50. The maximum Gasteiger partial charge on any atom is 0.234 e. The molecule has 0 saturated carbocycles. The Morgan fingerprint density at radius 2 is 2.40 bits per heavy atom. The van der Waals surface area contributed by atoms with E-state index < -0.39 is 0 Å². The first-order valence-electron chi connectivity index (χ1n) is 3.68. The Balaban J connectivity index is 3.20. The van der Waals surface area contributed by atoms with Crippen molar-refractivity contribution in [3.05, 3.63) is 6.42 Å². The Morgan fingerprint density at radius 3 is 2.90 bits per heavy atom. The van der Waals surface area contributed by atoms with Crippen LogP contribution in [0.25, 0.3) is 0 Å². The standard InChI is InChI=1S/C8H14NO/c1-3-4-8(2)5-6-9-7-10/h5,8H,3-4,6H2,1-2H3. The van der Waals surface area contributed by atoms with Crippen molar-refractivity contribution in [2.45, 2.75) is 26.7 Å². The minimum Gasteiger partial charge on any atom is -0.211 e. The van der Waals surface area contributed by atoms with Crippen LogP contribution in [-0.2, 0) is 4.79 Å². The zero-order valence-electron chi connectivity index (χ0n) is 6.63. The van der Waals surface area contributed by atoms with Gasteiger partial charge in [0.15, 0.2) is 0 Å². The second-order valence-corrected chi connectivity index (χ2v) is 2.43. The lowest BCUT2D eigenvalue weighted by molar-refractivity contribution is 0.559. The maximum atomic E-state index is 9.63. The van der Waals surface area contributed by atoms with Crippen LogP contribution in [0.3, 0.4) is 0 Å². The molecule has 0 amide bonds. The molecule has 0 aliphatic carbocycles. The third-order valence-electron chi connectivity index (χ3n) is 1.41. The maximum absolute atomic E-state index is 9.63. The highest BCUT2D eigenvalue weighted by atomic mass is 16.1. The highest BCUT2D eigenvalue weighted by molar-refractivity contribution is 5.33. The first kappa shape index (κ1) is 9.38. The predicted molar refractivity (Wildman–Crippen MR) is 41.4 cm³/mol. The average Bonchev–Trinajstić information content (AvgIpc) is 1.89. The van der Waals surface area contributed by atoms with Gasteiger partial charge in [0.05, 0.1) is 6.54 Å². The van der Waals surface area contributed by atoms with Gasteiger partial charge in [-0.1, -0.05) is 26.7 Å². The van der Waals surface area contributed by atoms with Gasteiger partial charge in [0.2, 0.25) is 6.08 Å². The minimum atomic E-state index is 0.519. The van der Waals surface area contributed by atoms with Gasteiger partial charge in [-0.15, -0.1) is 0 Å². The Kier molecular flexibility index (Phi) is 6.10. The normalized spacial score (nSPS) is 12.2. The molecule has 0 spiro atoms. The predicted octanol–water partition coefficient (Wildman–Crippen LogP) is 1.96. The fourth-order valence-electron chi connectivity index (χ4n) is 0.843. The number of aliphatic imine (C=N–C) groups is 1. The summed E-state index contributed by atoms with van der Waals surface area (Å²) in [4.78, 5) is 13.1. The summed E-state index contributed by atoms with van der Waals surface area (Å²) < 4.78 is 0. The molecule has 10 heavy (non-hydrogen) atoms. The molecule has 0 heterocycles. The van der Waals surface area contributed by atoms with Crippen LogP contribution in [0.5, 0.6) is 0 Å². The van der Waals surface area contributed by atoms with E-state index >= 15 is 0 Å². The van der Waals surface area contributed by atoms with E-state index in [0.29, 0.717) is 12.5 Å². The fraction of sp³-hybridized carbons (Fsp3) is 0.750. The Hall–Kier alpha value is -0.620. The zero-order valence-corrected chi connectivity index (χ0v) is 6.63. The molecule has 0 fully saturated rings. The van der Waals surface area contributed by atoms with Gasteiger partial charge in [-0.2, -0.15) is 0 Å². The molecule has 0 aliphatic heterocycles. The minimum absolute atomic E-state index is 0.519. The summed E-state index contributed by atoms with van der Waals surface area (Å²) in [6, 6.07) is 0. The summed E-state index contributed by atoms with van der Waals surface area (Å²) in [6.07, 6.45) is 5.90. The van der Waals surface area contributed by atoms with E-state index in [1.54, 1.807) is 0 Å². The van der Waals surface area contributed by atoms with Gasteiger partial charge in [0, 0.05) is 0 Å². The Bertz CT molecular complexity index is 116. The summed E-state index contributed by atoms with van der Waals surface area (Å²) in [5, 5.41) is 0. The molecule has 2 heteroatoms. The third-order valence-corrected chi connectivity index (χ3v) is 1.41. The number of carbonyl (C=O) groups excluding carboxylic acids is 1. The van der Waals surface area contributed by atoms with Gasteiger partial charge >= 0.3 is 0 Å². The molecule has 0 rings (SSSR count). The molecule has 1 radical (unpaired) electrons. The van der Waals surface area contributed by atoms with Crippen LogP contribution in [0.4, 0.5) is 0 Å². The number of hydrogen-bond donors (Lipinski definition) is 0. The molecule has 57 valence electrons. The van der Waals surface area contributed by atoms with Crippen molar-refractivity contribution in [1.29, 1.82) is 0 Å². The molecule has 0 saturated heterocycles. The monoisotopic (exact) mass is 140 g/mol. The molecule has 0 aromatic heterocycles. The van der Waals surface area contributed by atoms with Crippen LogP contribution in [0, 0.1) is 12.3 Å². The summed E-state index contributed by atoms with van der Waals surface area (Å²) in [6.45, 7) is 4.79. The molecule has 1 atom stereocenters. The van der Waals surface area contributed by atoms with E-state index in [0.717, 1.165) is 0 Å². The first-order chi connectivity index (χ1) is 4.81. The smallest absolute Gasteiger partial charge is 0.211 e. The average molecular weight is 140 g/mol. The van der Waals surface area contributed by atoms with E-state index in [-0.39, 0.29) is 0 Å².